The van der Waals surface area contributed by atoms with E-state index in [2.05, 4.69) is 4.98 Å². The molecule has 0 radical (unpaired) electrons. The molecule has 1 aromatic heterocycles. The molecule has 0 fully saturated rings. The largest absolute Gasteiger partial charge is 0.478 e. The Bertz CT molecular complexity index is 567. The first-order chi connectivity index (χ1) is 9.11. The summed E-state index contributed by atoms with van der Waals surface area (Å²) in [5.41, 5.74) is 0.943. The molecule has 0 spiro atoms. The maximum Gasteiger partial charge on any atom is 0.337 e. The Kier molecular flexibility index (Phi) is 3.75. The molecule has 2 aromatic rings. The number of pyridine rings is 1. The van der Waals surface area contributed by atoms with Gasteiger partial charge in [0.25, 0.3) is 0 Å². The third-order valence-electron chi connectivity index (χ3n) is 2.73. The predicted molar refractivity (Wildman–Crippen MR) is 70.3 cm³/mol. The summed E-state index contributed by atoms with van der Waals surface area (Å²) in [5, 5.41) is 8.82. The number of carboxylic acids is 1. The highest BCUT2D eigenvalue weighted by Crippen LogP contribution is 2.23. The molecule has 0 saturated carbocycles. The van der Waals surface area contributed by atoms with Crippen LogP contribution < -0.4 is 4.90 Å². The van der Waals surface area contributed by atoms with Gasteiger partial charge < -0.3 is 10.0 Å². The highest BCUT2D eigenvalue weighted by atomic mass is 19.1. The van der Waals surface area contributed by atoms with Crippen LogP contribution in [0.3, 0.4) is 0 Å². The standard InChI is InChI=1S/C14H13FN2O2/c1-2-17(12-6-4-11(15)5-7-12)13-8-3-10(9-16-13)14(18)19/h3-9H,2H2,1H3,(H,18,19). The predicted octanol–water partition coefficient (Wildman–Crippen LogP) is 3.08. The van der Waals surface area contributed by atoms with E-state index in [9.17, 15) is 9.18 Å². The van der Waals surface area contributed by atoms with Gasteiger partial charge in [-0.25, -0.2) is 14.2 Å². The van der Waals surface area contributed by atoms with E-state index in [0.29, 0.717) is 12.4 Å². The fourth-order valence-corrected chi connectivity index (χ4v) is 1.77. The average molecular weight is 260 g/mol. The minimum atomic E-state index is -1.01. The first-order valence-electron chi connectivity index (χ1n) is 5.84. The lowest BCUT2D eigenvalue weighted by molar-refractivity contribution is 0.0696. The second-order valence-electron chi connectivity index (χ2n) is 3.93. The summed E-state index contributed by atoms with van der Waals surface area (Å²) < 4.78 is 12.9. The first-order valence-corrected chi connectivity index (χ1v) is 5.84. The van der Waals surface area contributed by atoms with Crippen molar-refractivity contribution in [2.24, 2.45) is 0 Å². The van der Waals surface area contributed by atoms with Gasteiger partial charge in [0.2, 0.25) is 0 Å². The van der Waals surface area contributed by atoms with Gasteiger partial charge in [0.1, 0.15) is 11.6 Å². The van der Waals surface area contributed by atoms with Gasteiger partial charge in [-0.05, 0) is 43.3 Å². The molecule has 0 bridgehead atoms. The number of hydrogen-bond donors (Lipinski definition) is 1. The molecular formula is C14H13FN2O2. The molecule has 0 atom stereocenters. The summed E-state index contributed by atoms with van der Waals surface area (Å²) in [6.07, 6.45) is 1.31. The van der Waals surface area contributed by atoms with Crippen LogP contribution in [0.1, 0.15) is 17.3 Å². The molecule has 0 amide bonds. The van der Waals surface area contributed by atoms with Gasteiger partial charge in [-0.1, -0.05) is 0 Å². The van der Waals surface area contributed by atoms with Crippen molar-refractivity contribution >= 4 is 17.5 Å². The van der Waals surface area contributed by atoms with E-state index >= 15 is 0 Å². The maximum absolute atomic E-state index is 12.9. The zero-order valence-corrected chi connectivity index (χ0v) is 10.4. The van der Waals surface area contributed by atoms with Crippen molar-refractivity contribution in [3.8, 4) is 0 Å². The highest BCUT2D eigenvalue weighted by Gasteiger charge is 2.10. The van der Waals surface area contributed by atoms with Crippen LogP contribution in [0.2, 0.25) is 0 Å². The lowest BCUT2D eigenvalue weighted by Crippen LogP contribution is -2.17. The van der Waals surface area contributed by atoms with Gasteiger partial charge in [0.05, 0.1) is 5.56 Å². The molecule has 5 heteroatoms. The summed E-state index contributed by atoms with van der Waals surface area (Å²) in [6, 6.07) is 9.21. The minimum absolute atomic E-state index is 0.138. The minimum Gasteiger partial charge on any atom is -0.478 e. The number of hydrogen-bond acceptors (Lipinski definition) is 3. The lowest BCUT2D eigenvalue weighted by atomic mass is 10.2. The summed E-state index contributed by atoms with van der Waals surface area (Å²) in [6.45, 7) is 2.58. The number of benzene rings is 1. The van der Waals surface area contributed by atoms with Crippen LogP contribution in [0.25, 0.3) is 0 Å². The summed E-state index contributed by atoms with van der Waals surface area (Å²) >= 11 is 0. The van der Waals surface area contributed by atoms with Crippen LogP contribution >= 0.6 is 0 Å². The Morgan fingerprint density at radius 3 is 2.42 bits per heavy atom. The van der Waals surface area contributed by atoms with Crippen LogP contribution in [0.15, 0.2) is 42.6 Å². The molecule has 0 unspecified atom stereocenters. The Balaban J connectivity index is 2.31. The zero-order chi connectivity index (χ0) is 13.8. The number of rotatable bonds is 4. The van der Waals surface area contributed by atoms with Crippen molar-refractivity contribution in [1.29, 1.82) is 0 Å². The highest BCUT2D eigenvalue weighted by molar-refractivity contribution is 5.87. The fourth-order valence-electron chi connectivity index (χ4n) is 1.77. The molecule has 0 aliphatic heterocycles. The quantitative estimate of drug-likeness (QED) is 0.917. The van der Waals surface area contributed by atoms with Gasteiger partial charge in [0, 0.05) is 18.4 Å². The Labute approximate surface area is 110 Å². The van der Waals surface area contributed by atoms with Crippen LogP contribution in [0.5, 0.6) is 0 Å². The van der Waals surface area contributed by atoms with Crippen molar-refractivity contribution in [3.05, 3.63) is 54.0 Å². The zero-order valence-electron chi connectivity index (χ0n) is 10.4. The van der Waals surface area contributed by atoms with E-state index in [-0.39, 0.29) is 11.4 Å². The van der Waals surface area contributed by atoms with Crippen molar-refractivity contribution in [2.75, 3.05) is 11.4 Å². The third-order valence-corrected chi connectivity index (χ3v) is 2.73. The number of carbonyl (C=O) groups is 1. The number of carboxylic acid groups (broad SMARTS) is 1. The maximum atomic E-state index is 12.9. The van der Waals surface area contributed by atoms with Crippen LogP contribution in [-0.4, -0.2) is 22.6 Å². The monoisotopic (exact) mass is 260 g/mol. The van der Waals surface area contributed by atoms with E-state index in [1.807, 2.05) is 11.8 Å². The topological polar surface area (TPSA) is 53.4 Å². The molecule has 0 aliphatic carbocycles. The van der Waals surface area contributed by atoms with Crippen LogP contribution in [0, 0.1) is 5.82 Å². The lowest BCUT2D eigenvalue weighted by Gasteiger charge is -2.22. The van der Waals surface area contributed by atoms with Crippen LogP contribution in [-0.2, 0) is 0 Å². The molecule has 1 heterocycles. The van der Waals surface area contributed by atoms with Crippen molar-refractivity contribution in [3.63, 3.8) is 0 Å². The van der Waals surface area contributed by atoms with E-state index in [0.717, 1.165) is 5.69 Å². The molecule has 2 rings (SSSR count). The number of nitrogens with zero attached hydrogens (tertiary/aromatic N) is 2. The fraction of sp³-hybridized carbons (Fsp3) is 0.143. The van der Waals surface area contributed by atoms with Gasteiger partial charge in [-0.3, -0.25) is 0 Å². The van der Waals surface area contributed by atoms with E-state index in [4.69, 9.17) is 5.11 Å². The summed E-state index contributed by atoms with van der Waals surface area (Å²) in [7, 11) is 0. The van der Waals surface area contributed by atoms with Gasteiger partial charge in [-0.2, -0.15) is 0 Å². The SMILES string of the molecule is CCN(c1ccc(F)cc1)c1ccc(C(=O)O)cn1. The molecule has 4 nitrogen and oxygen atoms in total. The first kappa shape index (κ1) is 13.0. The van der Waals surface area contributed by atoms with Crippen LogP contribution in [0.4, 0.5) is 15.9 Å². The molecule has 0 saturated heterocycles. The van der Waals surface area contributed by atoms with Gasteiger partial charge in [-0.15, -0.1) is 0 Å². The van der Waals surface area contributed by atoms with Crippen molar-refractivity contribution in [1.82, 2.24) is 4.98 Å². The normalized spacial score (nSPS) is 10.2. The van der Waals surface area contributed by atoms with E-state index in [1.54, 1.807) is 18.2 Å². The summed E-state index contributed by atoms with van der Waals surface area (Å²) in [4.78, 5) is 16.8. The van der Waals surface area contributed by atoms with Gasteiger partial charge >= 0.3 is 5.97 Å². The molecule has 98 valence electrons. The Morgan fingerprint density at radius 1 is 1.26 bits per heavy atom. The third kappa shape index (κ3) is 2.88. The molecule has 19 heavy (non-hydrogen) atoms. The Hall–Kier alpha value is -2.43. The summed E-state index contributed by atoms with van der Waals surface area (Å²) in [5.74, 6) is -0.683. The average Bonchev–Trinajstić information content (AvgIpc) is 2.42. The number of anilines is 2. The number of aromatic carboxylic acids is 1. The van der Waals surface area contributed by atoms with Gasteiger partial charge in [0.15, 0.2) is 0 Å². The van der Waals surface area contributed by atoms with E-state index in [1.165, 1.54) is 24.4 Å². The molecule has 1 N–H and O–H groups in total. The smallest absolute Gasteiger partial charge is 0.337 e. The Morgan fingerprint density at radius 2 is 1.95 bits per heavy atom. The molecule has 0 aliphatic rings. The molecule has 1 aromatic carbocycles. The van der Waals surface area contributed by atoms with Crippen molar-refractivity contribution < 1.29 is 14.3 Å². The second-order valence-corrected chi connectivity index (χ2v) is 3.93. The van der Waals surface area contributed by atoms with Crippen molar-refractivity contribution in [2.45, 2.75) is 6.92 Å². The number of aromatic nitrogens is 1. The molecular weight excluding hydrogens is 247 g/mol. The van der Waals surface area contributed by atoms with E-state index < -0.39 is 5.97 Å². The second kappa shape index (κ2) is 5.48. The number of halogens is 1.